The zero-order valence-electron chi connectivity index (χ0n) is 17.9. The van der Waals surface area contributed by atoms with Gasteiger partial charge in [-0.15, -0.1) is 0 Å². The molecule has 1 saturated heterocycles. The number of sulfonamides is 1. The van der Waals surface area contributed by atoms with Crippen LogP contribution in [0.3, 0.4) is 0 Å². The number of methoxy groups -OCH3 is 2. The molecule has 0 aromatic heterocycles. The molecule has 1 heterocycles. The van der Waals surface area contributed by atoms with Gasteiger partial charge in [-0.25, -0.2) is 8.42 Å². The largest absolute Gasteiger partial charge is 0.497 e. The first-order valence-corrected chi connectivity index (χ1v) is 11.6. The van der Waals surface area contributed by atoms with Crippen molar-refractivity contribution < 1.29 is 27.6 Å². The first-order chi connectivity index (χ1) is 13.9. The van der Waals surface area contributed by atoms with E-state index in [9.17, 15) is 13.2 Å². The Bertz CT molecular complexity index is 770. The second-order valence-electron chi connectivity index (χ2n) is 7.23. The lowest BCUT2D eigenvalue weighted by molar-refractivity contribution is -0.896. The number of rotatable bonds is 10. The van der Waals surface area contributed by atoms with Crippen LogP contribution >= 0.6 is 0 Å². The van der Waals surface area contributed by atoms with E-state index >= 15 is 0 Å². The topological polar surface area (TPSA) is 80.6 Å². The smallest absolute Gasteiger partial charge is 0.277 e. The van der Waals surface area contributed by atoms with Crippen LogP contribution in [-0.4, -0.2) is 83.6 Å². The molecule has 164 valence electrons. The number of nitrogens with one attached hydrogen (secondary N) is 1. The molecule has 0 spiro atoms. The van der Waals surface area contributed by atoms with Crippen LogP contribution < -0.4 is 14.4 Å². The Hall–Kier alpha value is -1.84. The highest BCUT2D eigenvalue weighted by molar-refractivity contribution is 7.89. The summed E-state index contributed by atoms with van der Waals surface area (Å²) in [6.07, 6.45) is 1.88. The van der Waals surface area contributed by atoms with E-state index in [4.69, 9.17) is 9.47 Å². The molecule has 1 fully saturated rings. The van der Waals surface area contributed by atoms with Gasteiger partial charge in [0.15, 0.2) is 6.54 Å². The third kappa shape index (κ3) is 5.83. The fraction of sp³-hybridized carbons (Fsp3) is 0.650. The van der Waals surface area contributed by atoms with Gasteiger partial charge in [0.25, 0.3) is 5.91 Å². The maximum Gasteiger partial charge on any atom is 0.277 e. The molecule has 1 amide bonds. The third-order valence-corrected chi connectivity index (χ3v) is 7.08. The average molecular weight is 429 g/mol. The van der Waals surface area contributed by atoms with Gasteiger partial charge in [0.05, 0.1) is 40.4 Å². The van der Waals surface area contributed by atoms with Gasteiger partial charge < -0.3 is 19.3 Å². The van der Waals surface area contributed by atoms with Crippen LogP contribution in [0.4, 0.5) is 0 Å². The van der Waals surface area contributed by atoms with Crippen LogP contribution in [0.15, 0.2) is 23.1 Å². The minimum Gasteiger partial charge on any atom is -0.497 e. The second-order valence-corrected chi connectivity index (χ2v) is 9.13. The van der Waals surface area contributed by atoms with Gasteiger partial charge in [-0.1, -0.05) is 13.8 Å². The number of carbonyl (C=O) groups is 1. The molecule has 1 aliphatic heterocycles. The van der Waals surface area contributed by atoms with Gasteiger partial charge >= 0.3 is 0 Å². The number of nitrogens with zero attached hydrogens (tertiary/aromatic N) is 2. The van der Waals surface area contributed by atoms with Crippen LogP contribution in [0, 0.1) is 0 Å². The molecule has 1 aromatic carbocycles. The van der Waals surface area contributed by atoms with Gasteiger partial charge in [-0.2, -0.15) is 4.31 Å². The summed E-state index contributed by atoms with van der Waals surface area (Å²) in [4.78, 5) is 15.7. The predicted octanol–water partition coefficient (Wildman–Crippen LogP) is 0.242. The molecule has 0 saturated carbocycles. The Kier molecular flexibility index (Phi) is 8.73. The minimum atomic E-state index is -3.70. The van der Waals surface area contributed by atoms with E-state index in [1.54, 1.807) is 12.1 Å². The van der Waals surface area contributed by atoms with Crippen LogP contribution in [0.2, 0.25) is 0 Å². The Morgan fingerprint density at radius 2 is 1.72 bits per heavy atom. The van der Waals surface area contributed by atoms with Crippen molar-refractivity contribution in [1.29, 1.82) is 0 Å². The van der Waals surface area contributed by atoms with E-state index in [0.717, 1.165) is 30.8 Å². The van der Waals surface area contributed by atoms with Gasteiger partial charge in [-0.05, 0) is 25.0 Å². The minimum absolute atomic E-state index is 0.107. The number of hydrogen-bond acceptors (Lipinski definition) is 5. The lowest BCUT2D eigenvalue weighted by atomic mass is 10.3. The molecule has 0 bridgehead atoms. The molecule has 1 aliphatic rings. The van der Waals surface area contributed by atoms with Crippen molar-refractivity contribution >= 4 is 15.9 Å². The molecule has 2 rings (SSSR count). The Morgan fingerprint density at radius 3 is 2.24 bits per heavy atom. The highest BCUT2D eigenvalue weighted by Gasteiger charge is 2.33. The maximum atomic E-state index is 13.1. The fourth-order valence-corrected chi connectivity index (χ4v) is 5.18. The number of carbonyl (C=O) groups excluding carboxylic acids is 1. The third-order valence-electron chi connectivity index (χ3n) is 5.16. The number of amides is 1. The summed E-state index contributed by atoms with van der Waals surface area (Å²) in [5.74, 6) is 0.908. The summed E-state index contributed by atoms with van der Waals surface area (Å²) in [7, 11) is -0.754. The summed E-state index contributed by atoms with van der Waals surface area (Å²) < 4.78 is 38.2. The molecule has 0 atom stereocenters. The van der Waals surface area contributed by atoms with Crippen molar-refractivity contribution in [3.05, 3.63) is 18.2 Å². The first-order valence-electron chi connectivity index (χ1n) is 10.2. The first kappa shape index (κ1) is 23.4. The van der Waals surface area contributed by atoms with E-state index in [2.05, 4.69) is 13.8 Å². The van der Waals surface area contributed by atoms with E-state index < -0.39 is 10.0 Å². The second kappa shape index (κ2) is 10.8. The van der Waals surface area contributed by atoms with Crippen molar-refractivity contribution in [2.24, 2.45) is 0 Å². The van der Waals surface area contributed by atoms with Gasteiger partial charge in [0.1, 0.15) is 16.4 Å². The Balaban J connectivity index is 2.04. The molecule has 0 unspecified atom stereocenters. The Labute approximate surface area is 174 Å². The molecule has 1 N–H and O–H groups in total. The summed E-state index contributed by atoms with van der Waals surface area (Å²) in [6.45, 7) is 8.04. The average Bonchev–Trinajstić information content (AvgIpc) is 2.73. The molecular formula is C20H34N3O5S+. The molecule has 29 heavy (non-hydrogen) atoms. The highest BCUT2D eigenvalue weighted by atomic mass is 32.2. The van der Waals surface area contributed by atoms with Gasteiger partial charge in [0.2, 0.25) is 10.0 Å². The zero-order chi connectivity index (χ0) is 21.4. The normalized spacial score (nSPS) is 15.9. The number of piperazine rings is 1. The quantitative estimate of drug-likeness (QED) is 0.578. The fourth-order valence-electron chi connectivity index (χ4n) is 3.57. The number of quaternary nitrogens is 1. The summed E-state index contributed by atoms with van der Waals surface area (Å²) in [6, 6.07) is 4.76. The van der Waals surface area contributed by atoms with Crippen molar-refractivity contribution in [2.75, 3.05) is 60.0 Å². The van der Waals surface area contributed by atoms with Crippen LogP contribution in [0.1, 0.15) is 26.7 Å². The van der Waals surface area contributed by atoms with Crippen LogP contribution in [0.5, 0.6) is 11.5 Å². The maximum absolute atomic E-state index is 13.1. The Morgan fingerprint density at radius 1 is 1.10 bits per heavy atom. The van der Waals surface area contributed by atoms with E-state index in [1.165, 1.54) is 24.6 Å². The van der Waals surface area contributed by atoms with Crippen molar-refractivity contribution in [2.45, 2.75) is 31.6 Å². The van der Waals surface area contributed by atoms with Crippen molar-refractivity contribution in [3.8, 4) is 11.5 Å². The lowest BCUT2D eigenvalue weighted by Gasteiger charge is -2.32. The van der Waals surface area contributed by atoms with Gasteiger partial charge in [-0.3, -0.25) is 4.79 Å². The van der Waals surface area contributed by atoms with E-state index in [1.807, 2.05) is 4.90 Å². The monoisotopic (exact) mass is 428 g/mol. The lowest BCUT2D eigenvalue weighted by Crippen LogP contribution is -3.15. The zero-order valence-corrected chi connectivity index (χ0v) is 18.8. The molecule has 0 radical (unpaired) electrons. The summed E-state index contributed by atoms with van der Waals surface area (Å²) >= 11 is 0. The van der Waals surface area contributed by atoms with Crippen molar-refractivity contribution in [1.82, 2.24) is 9.21 Å². The van der Waals surface area contributed by atoms with Crippen molar-refractivity contribution in [3.63, 3.8) is 0 Å². The van der Waals surface area contributed by atoms with E-state index in [0.29, 0.717) is 44.2 Å². The summed E-state index contributed by atoms with van der Waals surface area (Å²) in [5.41, 5.74) is 0. The van der Waals surface area contributed by atoms with Crippen LogP contribution in [-0.2, 0) is 14.8 Å². The molecule has 0 aliphatic carbocycles. The van der Waals surface area contributed by atoms with Crippen LogP contribution in [0.25, 0.3) is 0 Å². The number of hydrogen-bond donors (Lipinski definition) is 1. The van der Waals surface area contributed by atoms with Gasteiger partial charge in [0, 0.05) is 19.2 Å². The highest BCUT2D eigenvalue weighted by Crippen LogP contribution is 2.30. The SMILES string of the molecule is CCCN(CCC)C(=O)C[NH+]1CCN(S(=O)(=O)c2cc(OC)ccc2OC)CC1. The number of ether oxygens (including phenoxy) is 2. The predicted molar refractivity (Wildman–Crippen MR) is 111 cm³/mol. The van der Waals surface area contributed by atoms with E-state index in [-0.39, 0.29) is 10.8 Å². The number of benzene rings is 1. The molecule has 8 nitrogen and oxygen atoms in total. The summed E-state index contributed by atoms with van der Waals surface area (Å²) in [5, 5.41) is 0. The molecule has 9 heteroatoms. The molecular weight excluding hydrogens is 394 g/mol. The standard InChI is InChI=1S/C20H33N3O5S/c1-5-9-22(10-6-2)20(24)16-21-11-13-23(14-12-21)29(25,26)19-15-17(27-3)7-8-18(19)28-4/h7-8,15H,5-6,9-14,16H2,1-4H3/p+1. The molecule has 1 aromatic rings.